The number of nitrogens with one attached hydrogen (secondary N) is 1. The van der Waals surface area contributed by atoms with Gasteiger partial charge in [-0.05, 0) is 19.1 Å². The van der Waals surface area contributed by atoms with Crippen molar-refractivity contribution in [3.63, 3.8) is 0 Å². The molecule has 0 radical (unpaired) electrons. The quantitative estimate of drug-likeness (QED) is 0.634. The third-order valence-electron chi connectivity index (χ3n) is 2.36. The van der Waals surface area contributed by atoms with Crippen molar-refractivity contribution >= 4 is 22.8 Å². The van der Waals surface area contributed by atoms with Crippen LogP contribution in [0.25, 0.3) is 17.0 Å². The summed E-state index contributed by atoms with van der Waals surface area (Å²) in [4.78, 5) is 11.1. The number of H-pyrrole nitrogens is 1. The molecule has 0 bridgehead atoms. The van der Waals surface area contributed by atoms with Crippen LogP contribution in [-0.2, 0) is 4.79 Å². The topological polar surface area (TPSA) is 69.5 Å². The molecular formula is C12H8FN3O. The van der Waals surface area contributed by atoms with Gasteiger partial charge in [-0.25, -0.2) is 4.39 Å². The van der Waals surface area contributed by atoms with Crippen molar-refractivity contribution in [2.24, 2.45) is 0 Å². The number of nitriles is 1. The van der Waals surface area contributed by atoms with Crippen LogP contribution in [0.4, 0.5) is 4.39 Å². The first-order valence-corrected chi connectivity index (χ1v) is 4.87. The van der Waals surface area contributed by atoms with Crippen LogP contribution >= 0.6 is 0 Å². The number of rotatable bonds is 2. The van der Waals surface area contributed by atoms with Gasteiger partial charge in [0.05, 0.1) is 17.3 Å². The molecule has 84 valence electrons. The van der Waals surface area contributed by atoms with Gasteiger partial charge in [0.2, 0.25) is 0 Å². The number of fused-ring (bicyclic) bond motifs is 1. The van der Waals surface area contributed by atoms with E-state index in [9.17, 15) is 9.18 Å². The first-order chi connectivity index (χ1) is 8.11. The Hall–Kier alpha value is -2.48. The predicted molar refractivity (Wildman–Crippen MR) is 60.3 cm³/mol. The summed E-state index contributed by atoms with van der Waals surface area (Å²) in [6.45, 7) is 1.27. The number of carbonyl (C=O) groups is 1. The zero-order valence-electron chi connectivity index (χ0n) is 8.99. The summed E-state index contributed by atoms with van der Waals surface area (Å²) in [5, 5.41) is 15.9. The van der Waals surface area contributed by atoms with Gasteiger partial charge in [-0.15, -0.1) is 0 Å². The molecule has 1 aromatic heterocycles. The first-order valence-electron chi connectivity index (χ1n) is 4.87. The minimum absolute atomic E-state index is 0.0771. The molecular weight excluding hydrogens is 221 g/mol. The molecule has 1 aromatic carbocycles. The van der Waals surface area contributed by atoms with Crippen LogP contribution in [0.2, 0.25) is 0 Å². The number of Topliss-reactive ketones (excluding diaryl/α,β-unsaturated/α-hetero) is 1. The number of benzene rings is 1. The maximum atomic E-state index is 13.6. The van der Waals surface area contributed by atoms with E-state index < -0.39 is 5.82 Å². The normalized spacial score (nSPS) is 11.5. The molecule has 0 spiro atoms. The highest BCUT2D eigenvalue weighted by Crippen LogP contribution is 2.19. The number of hydrogen-bond acceptors (Lipinski definition) is 3. The largest absolute Gasteiger partial charge is 0.294 e. The summed E-state index contributed by atoms with van der Waals surface area (Å²) in [6.07, 6.45) is 2.79. The fraction of sp³-hybridized carbons (Fsp3) is 0.0833. The third kappa shape index (κ3) is 2.06. The summed E-state index contributed by atoms with van der Waals surface area (Å²) in [5.74, 6) is -0.894. The predicted octanol–water partition coefficient (Wildman–Crippen LogP) is 2.20. The Morgan fingerprint density at radius 1 is 1.59 bits per heavy atom. The van der Waals surface area contributed by atoms with E-state index in [1.807, 2.05) is 0 Å². The Kier molecular flexibility index (Phi) is 2.71. The lowest BCUT2D eigenvalue weighted by Gasteiger charge is -1.98. The maximum Gasteiger partial charge on any atom is 0.170 e. The highest BCUT2D eigenvalue weighted by molar-refractivity contribution is 6.02. The summed E-state index contributed by atoms with van der Waals surface area (Å²) in [6, 6.07) is 4.56. The second kappa shape index (κ2) is 4.18. The number of aromatic amines is 1. The highest BCUT2D eigenvalue weighted by atomic mass is 19.1. The SMILES string of the molecule is CC(=O)C(C#N)=Cc1cc2cn[nH]c2cc1F. The summed E-state index contributed by atoms with van der Waals surface area (Å²) in [7, 11) is 0. The van der Waals surface area contributed by atoms with Crippen molar-refractivity contribution in [3.8, 4) is 6.07 Å². The molecule has 17 heavy (non-hydrogen) atoms. The first kappa shape index (κ1) is 11.0. The van der Waals surface area contributed by atoms with Crippen LogP contribution in [0.3, 0.4) is 0 Å². The van der Waals surface area contributed by atoms with E-state index in [1.165, 1.54) is 25.1 Å². The average molecular weight is 229 g/mol. The molecule has 0 aliphatic carbocycles. The molecule has 4 nitrogen and oxygen atoms in total. The molecule has 1 N–H and O–H groups in total. The monoisotopic (exact) mass is 229 g/mol. The number of allylic oxidation sites excluding steroid dienone is 1. The van der Waals surface area contributed by atoms with Gasteiger partial charge in [0.1, 0.15) is 11.9 Å². The van der Waals surface area contributed by atoms with Crippen molar-refractivity contribution < 1.29 is 9.18 Å². The molecule has 0 aliphatic heterocycles. The molecule has 0 amide bonds. The Balaban J connectivity index is 2.59. The van der Waals surface area contributed by atoms with E-state index in [1.54, 1.807) is 12.3 Å². The van der Waals surface area contributed by atoms with Crippen molar-refractivity contribution in [3.05, 3.63) is 35.3 Å². The Morgan fingerprint density at radius 2 is 2.35 bits per heavy atom. The van der Waals surface area contributed by atoms with Gasteiger partial charge in [0, 0.05) is 17.0 Å². The van der Waals surface area contributed by atoms with Crippen molar-refractivity contribution in [1.82, 2.24) is 10.2 Å². The van der Waals surface area contributed by atoms with Crippen LogP contribution in [0, 0.1) is 17.1 Å². The van der Waals surface area contributed by atoms with Crippen LogP contribution in [0.5, 0.6) is 0 Å². The van der Waals surface area contributed by atoms with E-state index in [4.69, 9.17) is 5.26 Å². The molecule has 0 atom stereocenters. The fourth-order valence-corrected chi connectivity index (χ4v) is 1.46. The van der Waals surface area contributed by atoms with Crippen LogP contribution in [-0.4, -0.2) is 16.0 Å². The molecule has 0 saturated carbocycles. The van der Waals surface area contributed by atoms with Gasteiger partial charge in [0.15, 0.2) is 5.78 Å². The van der Waals surface area contributed by atoms with Crippen molar-refractivity contribution in [2.45, 2.75) is 6.92 Å². The molecule has 2 rings (SSSR count). The molecule has 0 aliphatic rings. The highest BCUT2D eigenvalue weighted by Gasteiger charge is 2.07. The van der Waals surface area contributed by atoms with Crippen molar-refractivity contribution in [1.29, 1.82) is 5.26 Å². The number of halogens is 1. The minimum atomic E-state index is -0.504. The lowest BCUT2D eigenvalue weighted by atomic mass is 10.1. The van der Waals surface area contributed by atoms with E-state index in [-0.39, 0.29) is 16.9 Å². The van der Waals surface area contributed by atoms with Gasteiger partial charge in [-0.3, -0.25) is 9.89 Å². The van der Waals surface area contributed by atoms with Crippen molar-refractivity contribution in [2.75, 3.05) is 0 Å². The second-order valence-electron chi connectivity index (χ2n) is 3.56. The Morgan fingerprint density at radius 3 is 3.00 bits per heavy atom. The number of carbonyl (C=O) groups excluding carboxylic acids is 1. The molecule has 1 heterocycles. The smallest absolute Gasteiger partial charge is 0.170 e. The molecule has 0 saturated heterocycles. The van der Waals surface area contributed by atoms with E-state index in [0.29, 0.717) is 5.52 Å². The van der Waals surface area contributed by atoms with Crippen LogP contribution < -0.4 is 0 Å². The lowest BCUT2D eigenvalue weighted by Crippen LogP contribution is -1.94. The van der Waals surface area contributed by atoms with E-state index in [2.05, 4.69) is 10.2 Å². The number of hydrogen-bond donors (Lipinski definition) is 1. The maximum absolute atomic E-state index is 13.6. The molecule has 5 heteroatoms. The third-order valence-corrected chi connectivity index (χ3v) is 2.36. The molecule has 2 aromatic rings. The second-order valence-corrected chi connectivity index (χ2v) is 3.56. The lowest BCUT2D eigenvalue weighted by molar-refractivity contribution is -0.113. The van der Waals surface area contributed by atoms with Gasteiger partial charge in [-0.2, -0.15) is 10.4 Å². The van der Waals surface area contributed by atoms with E-state index in [0.717, 1.165) is 5.39 Å². The number of aromatic nitrogens is 2. The van der Waals surface area contributed by atoms with Crippen LogP contribution in [0.15, 0.2) is 23.9 Å². The van der Waals surface area contributed by atoms with Gasteiger partial charge < -0.3 is 0 Å². The number of nitrogens with zero attached hydrogens (tertiary/aromatic N) is 2. The summed E-state index contributed by atoms with van der Waals surface area (Å²) >= 11 is 0. The summed E-state index contributed by atoms with van der Waals surface area (Å²) < 4.78 is 13.6. The standard InChI is InChI=1S/C12H8FN3O/c1-7(17)9(5-14)2-8-3-10-6-15-16-12(10)4-11(8)13/h2-4,6H,1H3,(H,15,16). The van der Waals surface area contributed by atoms with Gasteiger partial charge in [-0.1, -0.05) is 0 Å². The Bertz CT molecular complexity index is 664. The molecule has 0 fully saturated rings. The van der Waals surface area contributed by atoms with Crippen LogP contribution in [0.1, 0.15) is 12.5 Å². The zero-order chi connectivity index (χ0) is 12.4. The van der Waals surface area contributed by atoms with E-state index >= 15 is 0 Å². The zero-order valence-corrected chi connectivity index (χ0v) is 8.99. The number of ketones is 1. The summed E-state index contributed by atoms with van der Waals surface area (Å²) in [5.41, 5.74) is 0.693. The fourth-order valence-electron chi connectivity index (χ4n) is 1.46. The van der Waals surface area contributed by atoms with Gasteiger partial charge >= 0.3 is 0 Å². The molecule has 0 unspecified atom stereocenters. The van der Waals surface area contributed by atoms with Gasteiger partial charge in [0.25, 0.3) is 0 Å². The minimum Gasteiger partial charge on any atom is -0.294 e. The average Bonchev–Trinajstić information content (AvgIpc) is 2.72. The Labute approximate surface area is 96.4 Å².